The van der Waals surface area contributed by atoms with Crippen molar-refractivity contribution in [2.45, 2.75) is 12.8 Å². The maximum Gasteiger partial charge on any atom is 2.00 e. The van der Waals surface area contributed by atoms with Crippen molar-refractivity contribution in [3.63, 3.8) is 0 Å². The van der Waals surface area contributed by atoms with Crippen LogP contribution in [0.5, 0.6) is 0 Å². The first-order valence-corrected chi connectivity index (χ1v) is 5.50. The van der Waals surface area contributed by atoms with Gasteiger partial charge in [-0.25, -0.2) is 4.98 Å². The van der Waals surface area contributed by atoms with E-state index in [0.717, 1.165) is 18.5 Å². The summed E-state index contributed by atoms with van der Waals surface area (Å²) in [4.78, 5) is 5.72. The molecule has 0 aliphatic heterocycles. The zero-order valence-electron chi connectivity index (χ0n) is 7.99. The minimum absolute atomic E-state index is 0. The minimum Gasteiger partial charge on any atom is -0.375 e. The average molecular weight is 261 g/mol. The second-order valence-electron chi connectivity index (χ2n) is 3.48. The van der Waals surface area contributed by atoms with Crippen LogP contribution in [0.15, 0.2) is 24.3 Å². The summed E-state index contributed by atoms with van der Waals surface area (Å²) in [5, 5.41) is 0.687. The van der Waals surface area contributed by atoms with Gasteiger partial charge in [0, 0.05) is 10.4 Å². The summed E-state index contributed by atoms with van der Waals surface area (Å²) >= 11 is 1.62. The molecule has 2 nitrogen and oxygen atoms in total. The Hall–Kier alpha value is -0.844. The second kappa shape index (κ2) is 3.96. The third kappa shape index (κ3) is 1.69. The largest absolute Gasteiger partial charge is 2.00 e. The molecular weight excluding hydrogens is 251 g/mol. The van der Waals surface area contributed by atoms with Gasteiger partial charge in [-0.05, 0) is 18.4 Å². The first kappa shape index (κ1) is 10.7. The number of hydrogen-bond donors (Lipinski definition) is 1. The Morgan fingerprint density at radius 2 is 2.00 bits per heavy atom. The Labute approximate surface area is 103 Å². The molecule has 2 aromatic rings. The van der Waals surface area contributed by atoms with Gasteiger partial charge < -0.3 is 5.73 Å². The zero-order valence-corrected chi connectivity index (χ0v) is 9.85. The van der Waals surface area contributed by atoms with Crippen LogP contribution in [0.3, 0.4) is 0 Å². The molecule has 0 amide bonds. The predicted octanol–water partition coefficient (Wildman–Crippen LogP) is 2.49. The van der Waals surface area contributed by atoms with Crippen molar-refractivity contribution in [2.75, 3.05) is 5.73 Å². The fourth-order valence-corrected chi connectivity index (χ4v) is 2.81. The average Bonchev–Trinajstić information content (AvgIpc) is 2.59. The van der Waals surface area contributed by atoms with Crippen molar-refractivity contribution in [2.24, 2.45) is 0 Å². The van der Waals surface area contributed by atoms with Crippen molar-refractivity contribution in [3.05, 3.63) is 34.7 Å². The van der Waals surface area contributed by atoms with E-state index in [1.807, 2.05) is 0 Å². The number of nitrogen functional groups attached to an aromatic ring is 1. The molecule has 1 aliphatic carbocycles. The SMILES string of the molecule is Nc1nc2c(s1)CCc1ccccc1-2.[Co+2]. The Bertz CT molecular complexity index is 493. The van der Waals surface area contributed by atoms with Crippen LogP contribution in [0.1, 0.15) is 10.4 Å². The summed E-state index contributed by atoms with van der Waals surface area (Å²) in [6, 6.07) is 8.45. The number of nitrogens with two attached hydrogens (primary N) is 1. The van der Waals surface area contributed by atoms with Gasteiger partial charge in [-0.3, -0.25) is 0 Å². The molecule has 1 radical (unpaired) electrons. The molecule has 1 heterocycles. The van der Waals surface area contributed by atoms with E-state index in [4.69, 9.17) is 5.73 Å². The topological polar surface area (TPSA) is 38.9 Å². The quantitative estimate of drug-likeness (QED) is 0.791. The maximum atomic E-state index is 5.72. The molecule has 0 unspecified atom stereocenters. The van der Waals surface area contributed by atoms with Gasteiger partial charge in [0.2, 0.25) is 0 Å². The molecule has 3 rings (SSSR count). The van der Waals surface area contributed by atoms with Crippen molar-refractivity contribution < 1.29 is 16.8 Å². The second-order valence-corrected chi connectivity index (χ2v) is 4.60. The van der Waals surface area contributed by atoms with Gasteiger partial charge in [0.25, 0.3) is 0 Å². The number of fused-ring (bicyclic) bond motifs is 3. The van der Waals surface area contributed by atoms with Gasteiger partial charge in [0.15, 0.2) is 5.13 Å². The number of benzene rings is 1. The molecule has 0 atom stereocenters. The van der Waals surface area contributed by atoms with Gasteiger partial charge in [-0.2, -0.15) is 0 Å². The van der Waals surface area contributed by atoms with Gasteiger partial charge >= 0.3 is 16.8 Å². The van der Waals surface area contributed by atoms with Crippen molar-refractivity contribution >= 4 is 16.5 Å². The molecule has 0 fully saturated rings. The summed E-state index contributed by atoms with van der Waals surface area (Å²) in [6.45, 7) is 0. The van der Waals surface area contributed by atoms with E-state index in [1.54, 1.807) is 11.3 Å². The summed E-state index contributed by atoms with van der Waals surface area (Å²) in [7, 11) is 0. The van der Waals surface area contributed by atoms with E-state index in [2.05, 4.69) is 29.2 Å². The number of aromatic nitrogens is 1. The molecular formula is C11H10CoN2S+2. The Morgan fingerprint density at radius 1 is 1.20 bits per heavy atom. The number of hydrogen-bond acceptors (Lipinski definition) is 3. The molecule has 1 aliphatic rings. The van der Waals surface area contributed by atoms with E-state index in [-0.39, 0.29) is 16.8 Å². The normalized spacial score (nSPS) is 12.5. The molecule has 77 valence electrons. The number of nitrogens with zero attached hydrogens (tertiary/aromatic N) is 1. The summed E-state index contributed by atoms with van der Waals surface area (Å²) in [5.41, 5.74) is 9.49. The van der Waals surface area contributed by atoms with Gasteiger partial charge in [-0.15, -0.1) is 11.3 Å². The summed E-state index contributed by atoms with van der Waals surface area (Å²) in [5.74, 6) is 0. The number of rotatable bonds is 0. The summed E-state index contributed by atoms with van der Waals surface area (Å²) < 4.78 is 0. The molecule has 0 spiro atoms. The van der Waals surface area contributed by atoms with Crippen LogP contribution in [-0.4, -0.2) is 4.98 Å². The first-order chi connectivity index (χ1) is 6.84. The van der Waals surface area contributed by atoms with Gasteiger partial charge in [0.1, 0.15) is 0 Å². The fraction of sp³-hybridized carbons (Fsp3) is 0.182. The Balaban J connectivity index is 0.000000853. The molecule has 0 saturated heterocycles. The van der Waals surface area contributed by atoms with Crippen LogP contribution < -0.4 is 5.73 Å². The minimum atomic E-state index is 0. The van der Waals surface area contributed by atoms with Crippen molar-refractivity contribution in [1.29, 1.82) is 0 Å². The molecule has 0 saturated carbocycles. The third-order valence-electron chi connectivity index (χ3n) is 2.61. The predicted molar refractivity (Wildman–Crippen MR) is 59.4 cm³/mol. The Kier molecular flexibility index (Phi) is 2.82. The van der Waals surface area contributed by atoms with E-state index < -0.39 is 0 Å². The van der Waals surface area contributed by atoms with Crippen molar-refractivity contribution in [3.8, 4) is 11.3 Å². The fourth-order valence-electron chi connectivity index (χ4n) is 1.97. The third-order valence-corrected chi connectivity index (χ3v) is 3.55. The van der Waals surface area contributed by atoms with Crippen LogP contribution in [0.25, 0.3) is 11.3 Å². The molecule has 2 N–H and O–H groups in total. The smallest absolute Gasteiger partial charge is 0.375 e. The standard InChI is InChI=1S/C11H10N2S.Co/c12-11-13-10-8-4-2-1-3-7(8)5-6-9(10)14-11;/h1-4H,5-6H2,(H2,12,13);/q;+2. The molecule has 1 aromatic heterocycles. The van der Waals surface area contributed by atoms with Crippen molar-refractivity contribution in [1.82, 2.24) is 4.98 Å². The van der Waals surface area contributed by atoms with Crippen LogP contribution in [0.2, 0.25) is 0 Å². The van der Waals surface area contributed by atoms with E-state index in [0.29, 0.717) is 5.13 Å². The number of thiazole rings is 1. The summed E-state index contributed by atoms with van der Waals surface area (Å²) in [6.07, 6.45) is 2.20. The monoisotopic (exact) mass is 261 g/mol. The zero-order chi connectivity index (χ0) is 9.54. The molecule has 1 aromatic carbocycles. The van der Waals surface area contributed by atoms with Crippen LogP contribution in [0, 0.1) is 0 Å². The van der Waals surface area contributed by atoms with Gasteiger partial charge in [0.05, 0.1) is 5.69 Å². The maximum absolute atomic E-state index is 5.72. The van der Waals surface area contributed by atoms with Crippen LogP contribution >= 0.6 is 11.3 Å². The van der Waals surface area contributed by atoms with E-state index >= 15 is 0 Å². The molecule has 0 bridgehead atoms. The van der Waals surface area contributed by atoms with E-state index in [1.165, 1.54) is 16.0 Å². The number of aryl methyl sites for hydroxylation is 2. The number of anilines is 1. The molecule has 15 heavy (non-hydrogen) atoms. The van der Waals surface area contributed by atoms with Gasteiger partial charge in [-0.1, -0.05) is 24.3 Å². The first-order valence-electron chi connectivity index (χ1n) is 4.68. The van der Waals surface area contributed by atoms with Crippen LogP contribution in [-0.2, 0) is 29.6 Å². The Morgan fingerprint density at radius 3 is 2.87 bits per heavy atom. The molecule has 4 heteroatoms. The van der Waals surface area contributed by atoms with E-state index in [9.17, 15) is 0 Å². The van der Waals surface area contributed by atoms with Crippen LogP contribution in [0.4, 0.5) is 5.13 Å².